The Kier molecular flexibility index (Phi) is 8.08. The van der Waals surface area contributed by atoms with Gasteiger partial charge in [-0.25, -0.2) is 9.98 Å². The van der Waals surface area contributed by atoms with Crippen molar-refractivity contribution in [1.82, 2.24) is 10.3 Å². The van der Waals surface area contributed by atoms with E-state index in [-0.39, 0.29) is 24.0 Å². The zero-order chi connectivity index (χ0) is 15.9. The van der Waals surface area contributed by atoms with Gasteiger partial charge in [0.1, 0.15) is 6.10 Å². The number of nitrogens with two attached hydrogens (primary N) is 1. The monoisotopic (exact) mass is 444 g/mol. The smallest absolute Gasteiger partial charge is 0.218 e. The summed E-state index contributed by atoms with van der Waals surface area (Å²) in [5.41, 5.74) is 7.05. The van der Waals surface area contributed by atoms with Gasteiger partial charge in [0.15, 0.2) is 5.96 Å². The van der Waals surface area contributed by atoms with Crippen LogP contribution in [0, 0.1) is 0 Å². The number of halogens is 1. The van der Waals surface area contributed by atoms with Gasteiger partial charge >= 0.3 is 0 Å². The van der Waals surface area contributed by atoms with Crippen molar-refractivity contribution in [2.24, 2.45) is 10.7 Å². The number of guanidine groups is 1. The standard InChI is InChI=1S/C18H28N4O.HI/c19-18(22-15-8-2-1-3-9-15)21-13-14-7-6-12-20-17(14)23-16-10-4-5-11-16;/h6-7,12,15-16H,1-5,8-11,13H2,(H3,19,21,22);1H. The number of nitrogens with zero attached hydrogens (tertiary/aromatic N) is 2. The van der Waals surface area contributed by atoms with Crippen LogP contribution in [0.4, 0.5) is 0 Å². The van der Waals surface area contributed by atoms with E-state index in [4.69, 9.17) is 10.5 Å². The van der Waals surface area contributed by atoms with Gasteiger partial charge in [-0.2, -0.15) is 0 Å². The topological polar surface area (TPSA) is 72.5 Å². The number of aromatic nitrogens is 1. The maximum absolute atomic E-state index is 6.05. The van der Waals surface area contributed by atoms with Gasteiger partial charge in [0.25, 0.3) is 0 Å². The van der Waals surface area contributed by atoms with Gasteiger partial charge in [0.2, 0.25) is 5.88 Å². The van der Waals surface area contributed by atoms with Gasteiger partial charge in [0.05, 0.1) is 6.54 Å². The Morgan fingerprint density at radius 1 is 1.17 bits per heavy atom. The molecule has 0 aliphatic heterocycles. The predicted octanol–water partition coefficient (Wildman–Crippen LogP) is 3.76. The highest BCUT2D eigenvalue weighted by Crippen LogP contribution is 2.25. The molecule has 3 N–H and O–H groups in total. The Morgan fingerprint density at radius 3 is 2.62 bits per heavy atom. The number of pyridine rings is 1. The summed E-state index contributed by atoms with van der Waals surface area (Å²) in [6, 6.07) is 4.43. The minimum absolute atomic E-state index is 0. The summed E-state index contributed by atoms with van der Waals surface area (Å²) >= 11 is 0. The van der Waals surface area contributed by atoms with Gasteiger partial charge in [0, 0.05) is 17.8 Å². The van der Waals surface area contributed by atoms with E-state index in [0.717, 1.165) is 18.4 Å². The molecule has 2 fully saturated rings. The van der Waals surface area contributed by atoms with Gasteiger partial charge in [-0.1, -0.05) is 25.3 Å². The van der Waals surface area contributed by atoms with Gasteiger partial charge in [-0.3, -0.25) is 0 Å². The molecule has 0 radical (unpaired) electrons. The van der Waals surface area contributed by atoms with E-state index in [1.807, 2.05) is 12.1 Å². The fourth-order valence-electron chi connectivity index (χ4n) is 3.49. The molecule has 1 aromatic rings. The maximum Gasteiger partial charge on any atom is 0.218 e. The molecule has 0 atom stereocenters. The normalized spacial score (nSPS) is 19.8. The molecule has 0 bridgehead atoms. The molecule has 0 saturated heterocycles. The van der Waals surface area contributed by atoms with Crippen molar-refractivity contribution in [1.29, 1.82) is 0 Å². The lowest BCUT2D eigenvalue weighted by atomic mass is 9.96. The first-order valence-corrected chi connectivity index (χ1v) is 8.98. The second-order valence-electron chi connectivity index (χ2n) is 6.67. The van der Waals surface area contributed by atoms with Crippen LogP contribution in [0.3, 0.4) is 0 Å². The highest BCUT2D eigenvalue weighted by Gasteiger charge is 2.18. The van der Waals surface area contributed by atoms with Crippen LogP contribution in [0.5, 0.6) is 5.88 Å². The third kappa shape index (κ3) is 5.79. The molecule has 0 spiro atoms. The second-order valence-corrected chi connectivity index (χ2v) is 6.67. The fourth-order valence-corrected chi connectivity index (χ4v) is 3.49. The van der Waals surface area contributed by atoms with Crippen molar-refractivity contribution in [2.45, 2.75) is 76.5 Å². The summed E-state index contributed by atoms with van der Waals surface area (Å²) in [6.45, 7) is 0.515. The van der Waals surface area contributed by atoms with Crippen LogP contribution in [0.2, 0.25) is 0 Å². The van der Waals surface area contributed by atoms with E-state index < -0.39 is 0 Å². The SMILES string of the molecule is I.NC(=NCc1cccnc1OC1CCCC1)NC1CCCCC1. The molecule has 24 heavy (non-hydrogen) atoms. The maximum atomic E-state index is 6.05. The molecule has 0 amide bonds. The van der Waals surface area contributed by atoms with E-state index in [1.165, 1.54) is 44.9 Å². The molecule has 6 heteroatoms. The zero-order valence-electron chi connectivity index (χ0n) is 14.2. The molecule has 2 aliphatic rings. The van der Waals surface area contributed by atoms with E-state index in [2.05, 4.69) is 15.3 Å². The summed E-state index contributed by atoms with van der Waals surface area (Å²) in [5, 5.41) is 3.35. The van der Waals surface area contributed by atoms with Crippen molar-refractivity contribution >= 4 is 29.9 Å². The molecule has 5 nitrogen and oxygen atoms in total. The molecule has 0 unspecified atom stereocenters. The van der Waals surface area contributed by atoms with E-state index in [0.29, 0.717) is 30.5 Å². The second kappa shape index (κ2) is 10.1. The Morgan fingerprint density at radius 2 is 1.88 bits per heavy atom. The summed E-state index contributed by atoms with van der Waals surface area (Å²) in [6.07, 6.45) is 13.2. The molecule has 1 heterocycles. The van der Waals surface area contributed by atoms with Crippen molar-refractivity contribution in [3.63, 3.8) is 0 Å². The van der Waals surface area contributed by atoms with Crippen molar-refractivity contribution in [2.75, 3.05) is 0 Å². The minimum Gasteiger partial charge on any atom is -0.474 e. The number of rotatable bonds is 5. The molecule has 0 aromatic carbocycles. The Labute approximate surface area is 161 Å². The zero-order valence-corrected chi connectivity index (χ0v) is 16.6. The molecule has 3 rings (SSSR count). The van der Waals surface area contributed by atoms with Gasteiger partial charge in [-0.05, 0) is 44.6 Å². The molecule has 1 aromatic heterocycles. The Hall–Kier alpha value is -1.05. The molecular weight excluding hydrogens is 415 g/mol. The van der Waals surface area contributed by atoms with Crippen molar-refractivity contribution in [3.8, 4) is 5.88 Å². The van der Waals surface area contributed by atoms with E-state index in [9.17, 15) is 0 Å². The third-order valence-corrected chi connectivity index (χ3v) is 4.81. The molecule has 2 aliphatic carbocycles. The molecule has 134 valence electrons. The lowest BCUT2D eigenvalue weighted by Gasteiger charge is -2.23. The van der Waals surface area contributed by atoms with Crippen molar-refractivity contribution in [3.05, 3.63) is 23.9 Å². The predicted molar refractivity (Wildman–Crippen MR) is 108 cm³/mol. The quantitative estimate of drug-likeness (QED) is 0.412. The largest absolute Gasteiger partial charge is 0.474 e. The van der Waals surface area contributed by atoms with Gasteiger partial charge < -0.3 is 15.8 Å². The minimum atomic E-state index is 0. The number of hydrogen-bond acceptors (Lipinski definition) is 3. The average molecular weight is 444 g/mol. The first-order chi connectivity index (χ1) is 11.3. The fraction of sp³-hybridized carbons (Fsp3) is 0.667. The molecular formula is C18H29IN4O. The van der Waals surface area contributed by atoms with Crippen LogP contribution >= 0.6 is 24.0 Å². The van der Waals surface area contributed by atoms with E-state index >= 15 is 0 Å². The van der Waals surface area contributed by atoms with Crippen LogP contribution in [-0.4, -0.2) is 23.1 Å². The number of aliphatic imine (C=N–C) groups is 1. The summed E-state index contributed by atoms with van der Waals surface area (Å²) in [4.78, 5) is 8.87. The highest BCUT2D eigenvalue weighted by atomic mass is 127. The van der Waals surface area contributed by atoms with Crippen LogP contribution < -0.4 is 15.8 Å². The highest BCUT2D eigenvalue weighted by molar-refractivity contribution is 14.0. The van der Waals surface area contributed by atoms with Crippen LogP contribution in [0.15, 0.2) is 23.3 Å². The number of ether oxygens (including phenoxy) is 1. The summed E-state index contributed by atoms with van der Waals surface area (Å²) < 4.78 is 6.05. The average Bonchev–Trinajstić information content (AvgIpc) is 3.08. The number of nitrogens with one attached hydrogen (secondary N) is 1. The Balaban J connectivity index is 0.00000208. The van der Waals surface area contributed by atoms with Crippen LogP contribution in [-0.2, 0) is 6.54 Å². The lowest BCUT2D eigenvalue weighted by Crippen LogP contribution is -2.41. The molecule has 2 saturated carbocycles. The van der Waals surface area contributed by atoms with Crippen molar-refractivity contribution < 1.29 is 4.74 Å². The number of hydrogen-bond donors (Lipinski definition) is 2. The van der Waals surface area contributed by atoms with Crippen LogP contribution in [0.25, 0.3) is 0 Å². The van der Waals surface area contributed by atoms with Gasteiger partial charge in [-0.15, -0.1) is 24.0 Å². The van der Waals surface area contributed by atoms with E-state index in [1.54, 1.807) is 6.20 Å². The Bertz CT molecular complexity index is 526. The first kappa shape index (κ1) is 19.3. The first-order valence-electron chi connectivity index (χ1n) is 8.98. The lowest BCUT2D eigenvalue weighted by molar-refractivity contribution is 0.199. The summed E-state index contributed by atoms with van der Waals surface area (Å²) in [5.74, 6) is 1.25. The third-order valence-electron chi connectivity index (χ3n) is 4.81. The van der Waals surface area contributed by atoms with Crippen LogP contribution in [0.1, 0.15) is 63.4 Å². The summed E-state index contributed by atoms with van der Waals surface area (Å²) in [7, 11) is 0.